The molecule has 0 radical (unpaired) electrons. The Morgan fingerprint density at radius 2 is 1.53 bits per heavy atom. The van der Waals surface area contributed by atoms with Gasteiger partial charge in [0.15, 0.2) is 0 Å². The van der Waals surface area contributed by atoms with E-state index < -0.39 is 0 Å². The quantitative estimate of drug-likeness (QED) is 0.760. The fraction of sp³-hybridized carbons (Fsp3) is 0.462. The van der Waals surface area contributed by atoms with E-state index in [4.69, 9.17) is 0 Å². The van der Waals surface area contributed by atoms with Crippen molar-refractivity contribution in [3.05, 3.63) is 30.6 Å². The molecule has 0 bridgehead atoms. The van der Waals surface area contributed by atoms with Gasteiger partial charge in [-0.2, -0.15) is 5.10 Å². The van der Waals surface area contributed by atoms with Gasteiger partial charge < -0.3 is 0 Å². The van der Waals surface area contributed by atoms with Crippen molar-refractivity contribution in [1.82, 2.24) is 10.2 Å². The maximum Gasteiger partial charge on any atom is 0.0675 e. The summed E-state index contributed by atoms with van der Waals surface area (Å²) in [5.41, 5.74) is 4.03. The molecule has 0 aliphatic heterocycles. The van der Waals surface area contributed by atoms with Crippen molar-refractivity contribution in [1.29, 1.82) is 0 Å². The predicted octanol–water partition coefficient (Wildman–Crippen LogP) is 4.53. The smallest absolute Gasteiger partial charge is 0.0675 e. The first-order valence-electron chi connectivity index (χ1n) is 5.48. The van der Waals surface area contributed by atoms with Crippen molar-refractivity contribution >= 4 is 11.1 Å². The van der Waals surface area contributed by atoms with Gasteiger partial charge in [-0.1, -0.05) is 40.9 Å². The van der Waals surface area contributed by atoms with Crippen molar-refractivity contribution in [2.45, 2.75) is 41.5 Å². The van der Waals surface area contributed by atoms with Crippen LogP contribution in [0.5, 0.6) is 0 Å². The molecule has 0 aliphatic rings. The van der Waals surface area contributed by atoms with Crippen LogP contribution in [-0.4, -0.2) is 10.2 Å². The number of nitrogens with zero attached hydrogens (tertiary/aromatic N) is 1. The van der Waals surface area contributed by atoms with Crippen molar-refractivity contribution in [3.63, 3.8) is 0 Å². The van der Waals surface area contributed by atoms with Crippen LogP contribution in [0.3, 0.4) is 0 Å². The zero-order valence-corrected chi connectivity index (χ0v) is 10.9. The molecule has 1 N–H and O–H groups in total. The van der Waals surface area contributed by atoms with Crippen LogP contribution in [0.4, 0.5) is 0 Å². The van der Waals surface area contributed by atoms with Gasteiger partial charge in [0.2, 0.25) is 0 Å². The summed E-state index contributed by atoms with van der Waals surface area (Å²) < 4.78 is 0. The molecule has 15 heavy (non-hydrogen) atoms. The first-order chi connectivity index (χ1) is 7.13. The minimum absolute atomic E-state index is 0.984. The Morgan fingerprint density at radius 3 is 1.80 bits per heavy atom. The first kappa shape index (κ1) is 16.1. The Morgan fingerprint density at radius 1 is 1.07 bits per heavy atom. The van der Waals surface area contributed by atoms with Gasteiger partial charge in [-0.25, -0.2) is 0 Å². The molecule has 0 unspecified atom stereocenters. The molecule has 0 aromatic carbocycles. The molecule has 2 nitrogen and oxygen atoms in total. The topological polar surface area (TPSA) is 28.7 Å². The molecule has 0 saturated heterocycles. The van der Waals surface area contributed by atoms with E-state index in [9.17, 15) is 0 Å². The molecule has 1 aromatic heterocycles. The highest BCUT2D eigenvalue weighted by molar-refractivity contribution is 5.73. The molecular formula is C13H24N2. The average molecular weight is 208 g/mol. The van der Waals surface area contributed by atoms with Crippen LogP contribution in [0.25, 0.3) is 11.1 Å². The lowest BCUT2D eigenvalue weighted by Gasteiger charge is -1.99. The zero-order valence-electron chi connectivity index (χ0n) is 10.9. The lowest BCUT2D eigenvalue weighted by Crippen LogP contribution is -1.83. The summed E-state index contributed by atoms with van der Waals surface area (Å²) >= 11 is 0. The summed E-state index contributed by atoms with van der Waals surface area (Å²) in [7, 11) is 0. The SMILES string of the molecule is C=C(C)c1cn[nH]c1C(=C)C.CC.CC. The third kappa shape index (κ3) is 5.21. The van der Waals surface area contributed by atoms with E-state index in [1.165, 1.54) is 0 Å². The van der Waals surface area contributed by atoms with Crippen LogP contribution in [0.15, 0.2) is 19.4 Å². The Labute approximate surface area is 94.1 Å². The molecule has 0 spiro atoms. The summed E-state index contributed by atoms with van der Waals surface area (Å²) in [5, 5.41) is 6.79. The van der Waals surface area contributed by atoms with Gasteiger partial charge in [0.1, 0.15) is 0 Å². The minimum Gasteiger partial charge on any atom is -0.278 e. The molecule has 0 aliphatic carbocycles. The highest BCUT2D eigenvalue weighted by Gasteiger charge is 2.04. The number of hydrogen-bond donors (Lipinski definition) is 1. The van der Waals surface area contributed by atoms with E-state index in [-0.39, 0.29) is 0 Å². The number of hydrogen-bond acceptors (Lipinski definition) is 1. The molecule has 0 amide bonds. The highest BCUT2D eigenvalue weighted by Crippen LogP contribution is 2.19. The summed E-state index contributed by atoms with van der Waals surface area (Å²) in [6, 6.07) is 0. The summed E-state index contributed by atoms with van der Waals surface area (Å²) in [6.07, 6.45) is 1.77. The Hall–Kier alpha value is -1.31. The van der Waals surface area contributed by atoms with Crippen LogP contribution >= 0.6 is 0 Å². The van der Waals surface area contributed by atoms with Crippen LogP contribution in [-0.2, 0) is 0 Å². The number of allylic oxidation sites excluding steroid dienone is 2. The summed E-state index contributed by atoms with van der Waals surface area (Å²) in [6.45, 7) is 19.6. The minimum atomic E-state index is 0.984. The van der Waals surface area contributed by atoms with E-state index in [2.05, 4.69) is 23.4 Å². The monoisotopic (exact) mass is 208 g/mol. The van der Waals surface area contributed by atoms with Crippen molar-refractivity contribution in [3.8, 4) is 0 Å². The van der Waals surface area contributed by atoms with Crippen molar-refractivity contribution in [2.24, 2.45) is 0 Å². The van der Waals surface area contributed by atoms with Gasteiger partial charge in [0, 0.05) is 5.56 Å². The number of H-pyrrole nitrogens is 1. The fourth-order valence-electron chi connectivity index (χ4n) is 0.935. The maximum atomic E-state index is 3.92. The largest absolute Gasteiger partial charge is 0.278 e. The van der Waals surface area contributed by atoms with Crippen molar-refractivity contribution < 1.29 is 0 Å². The molecule has 1 aromatic rings. The maximum absolute atomic E-state index is 3.92. The van der Waals surface area contributed by atoms with E-state index in [1.54, 1.807) is 6.20 Å². The molecule has 1 heterocycles. The molecule has 2 heteroatoms. The number of nitrogens with one attached hydrogen (secondary N) is 1. The predicted molar refractivity (Wildman–Crippen MR) is 70.7 cm³/mol. The standard InChI is InChI=1S/C9H12N2.2C2H6/c1-6(2)8-5-10-11-9(8)7(3)4;2*1-2/h5H,1,3H2,2,4H3,(H,10,11);2*1-2H3. The third-order valence-electron chi connectivity index (χ3n) is 1.53. The van der Waals surface area contributed by atoms with Crippen LogP contribution in [0.1, 0.15) is 52.8 Å². The van der Waals surface area contributed by atoms with Crippen LogP contribution in [0, 0.1) is 0 Å². The molecule has 1 rings (SSSR count). The Balaban J connectivity index is 0. The lowest BCUT2D eigenvalue weighted by atomic mass is 10.1. The molecule has 0 saturated carbocycles. The summed E-state index contributed by atoms with van der Waals surface area (Å²) in [4.78, 5) is 0. The first-order valence-corrected chi connectivity index (χ1v) is 5.48. The van der Waals surface area contributed by atoms with Gasteiger partial charge in [-0.3, -0.25) is 5.10 Å². The number of aromatic amines is 1. The van der Waals surface area contributed by atoms with Crippen LogP contribution < -0.4 is 0 Å². The van der Waals surface area contributed by atoms with E-state index in [1.807, 2.05) is 41.5 Å². The Bertz CT molecular complexity index is 267. The normalized spacial score (nSPS) is 7.87. The van der Waals surface area contributed by atoms with Gasteiger partial charge in [0.05, 0.1) is 11.9 Å². The van der Waals surface area contributed by atoms with E-state index in [0.29, 0.717) is 0 Å². The third-order valence-corrected chi connectivity index (χ3v) is 1.53. The molecular weight excluding hydrogens is 184 g/mol. The van der Waals surface area contributed by atoms with Gasteiger partial charge in [0.25, 0.3) is 0 Å². The van der Waals surface area contributed by atoms with Crippen LogP contribution in [0.2, 0.25) is 0 Å². The molecule has 0 fully saturated rings. The van der Waals surface area contributed by atoms with Gasteiger partial charge >= 0.3 is 0 Å². The second kappa shape index (κ2) is 9.25. The second-order valence-corrected chi connectivity index (χ2v) is 2.72. The number of rotatable bonds is 2. The lowest BCUT2D eigenvalue weighted by molar-refractivity contribution is 1.07. The van der Waals surface area contributed by atoms with E-state index in [0.717, 1.165) is 22.4 Å². The Kier molecular flexibility index (Phi) is 9.95. The van der Waals surface area contributed by atoms with E-state index >= 15 is 0 Å². The average Bonchev–Trinajstić information content (AvgIpc) is 2.72. The molecule has 86 valence electrons. The zero-order chi connectivity index (χ0) is 12.4. The second-order valence-electron chi connectivity index (χ2n) is 2.72. The molecule has 0 atom stereocenters. The number of aromatic nitrogens is 2. The fourth-order valence-corrected chi connectivity index (χ4v) is 0.935. The van der Waals surface area contributed by atoms with Gasteiger partial charge in [-0.05, 0) is 25.0 Å². The van der Waals surface area contributed by atoms with Gasteiger partial charge in [-0.15, -0.1) is 0 Å². The summed E-state index contributed by atoms with van der Waals surface area (Å²) in [5.74, 6) is 0. The highest BCUT2D eigenvalue weighted by atomic mass is 15.1. The van der Waals surface area contributed by atoms with Crippen molar-refractivity contribution in [2.75, 3.05) is 0 Å².